The first-order chi connectivity index (χ1) is 18.1. The molecule has 0 spiro atoms. The number of carbonyl (C=O) groups excluding carboxylic acids is 1. The summed E-state index contributed by atoms with van der Waals surface area (Å²) in [4.78, 5) is 18.5. The number of nitrogens with zero attached hydrogens (tertiary/aromatic N) is 3. The molecule has 9 nitrogen and oxygen atoms in total. The van der Waals surface area contributed by atoms with Crippen LogP contribution >= 0.6 is 0 Å². The van der Waals surface area contributed by atoms with Crippen molar-refractivity contribution >= 4 is 17.5 Å². The number of fused-ring (bicyclic) bond motifs is 2. The van der Waals surface area contributed by atoms with Crippen LogP contribution in [0.5, 0.6) is 17.2 Å². The van der Waals surface area contributed by atoms with Crippen molar-refractivity contribution in [2.75, 3.05) is 31.0 Å². The smallest absolute Gasteiger partial charge is 0.255 e. The summed E-state index contributed by atoms with van der Waals surface area (Å²) in [5.74, 6) is 2.89. The Morgan fingerprint density at radius 3 is 2.54 bits per heavy atom. The van der Waals surface area contributed by atoms with Crippen molar-refractivity contribution in [2.45, 2.75) is 13.0 Å². The fourth-order valence-corrected chi connectivity index (χ4v) is 4.57. The summed E-state index contributed by atoms with van der Waals surface area (Å²) >= 11 is 0. The molecule has 0 fully saturated rings. The van der Waals surface area contributed by atoms with Crippen molar-refractivity contribution in [1.82, 2.24) is 14.8 Å². The van der Waals surface area contributed by atoms with Gasteiger partial charge in [-0.3, -0.25) is 4.79 Å². The van der Waals surface area contributed by atoms with Crippen molar-refractivity contribution in [2.24, 2.45) is 0 Å². The molecule has 1 atom stereocenters. The van der Waals surface area contributed by atoms with Crippen LogP contribution in [0.4, 0.5) is 11.6 Å². The molecular weight excluding hydrogens is 470 g/mol. The number of anilines is 2. The number of hydrogen-bond donors (Lipinski definition) is 2. The molecule has 3 aromatic carbocycles. The van der Waals surface area contributed by atoms with E-state index in [1.165, 1.54) is 0 Å². The van der Waals surface area contributed by atoms with Gasteiger partial charge in [0.1, 0.15) is 25.0 Å². The zero-order chi connectivity index (χ0) is 25.4. The third-order valence-corrected chi connectivity index (χ3v) is 6.36. The second-order valence-corrected chi connectivity index (χ2v) is 8.72. The summed E-state index contributed by atoms with van der Waals surface area (Å²) in [5.41, 5.74) is 3.57. The number of amides is 1. The molecule has 2 aliphatic rings. The van der Waals surface area contributed by atoms with E-state index in [9.17, 15) is 4.79 Å². The minimum absolute atomic E-state index is 0.252. The summed E-state index contributed by atoms with van der Waals surface area (Å²) in [6.07, 6.45) is 0. The number of hydrogen-bond acceptors (Lipinski definition) is 7. The lowest BCUT2D eigenvalue weighted by molar-refractivity contribution is -0.113. The molecule has 9 heteroatoms. The van der Waals surface area contributed by atoms with Crippen LogP contribution in [-0.2, 0) is 4.79 Å². The van der Waals surface area contributed by atoms with Gasteiger partial charge in [-0.25, -0.2) is 4.68 Å². The molecule has 1 aromatic heterocycles. The number of nitrogens with one attached hydrogen (secondary N) is 2. The first kappa shape index (κ1) is 22.7. The molecule has 1 amide bonds. The normalized spacial score (nSPS) is 16.0. The Kier molecular flexibility index (Phi) is 5.72. The van der Waals surface area contributed by atoms with Crippen molar-refractivity contribution in [3.8, 4) is 28.6 Å². The summed E-state index contributed by atoms with van der Waals surface area (Å²) in [5, 5.41) is 11.1. The molecule has 0 saturated heterocycles. The molecule has 37 heavy (non-hydrogen) atoms. The first-order valence-corrected chi connectivity index (χ1v) is 12.0. The standard InChI is InChI=1S/C28H25N5O4/c1-17-24(27(34)30-20-9-11-21(35-2)12-10-20)25(19-8-13-22-23(16-19)37-15-14-36-22)33-28(29-17)31-26(32-33)18-6-4-3-5-7-18/h3-13,16,25H,14-15H2,1-2H3,(H,30,34)(H,29,31,32). The van der Waals surface area contributed by atoms with Crippen LogP contribution in [0.25, 0.3) is 11.4 Å². The number of allylic oxidation sites excluding steroid dienone is 1. The Morgan fingerprint density at radius 2 is 1.78 bits per heavy atom. The highest BCUT2D eigenvalue weighted by Crippen LogP contribution is 2.40. The number of methoxy groups -OCH3 is 1. The van der Waals surface area contributed by atoms with Crippen LogP contribution in [0, 0.1) is 0 Å². The van der Waals surface area contributed by atoms with Crippen molar-refractivity contribution < 1.29 is 19.0 Å². The fraction of sp³-hybridized carbons (Fsp3) is 0.179. The lowest BCUT2D eigenvalue weighted by atomic mass is 9.94. The largest absolute Gasteiger partial charge is 0.497 e. The van der Waals surface area contributed by atoms with E-state index >= 15 is 0 Å². The van der Waals surface area contributed by atoms with Crippen LogP contribution in [0.1, 0.15) is 18.5 Å². The highest BCUT2D eigenvalue weighted by atomic mass is 16.6. The Hall–Kier alpha value is -4.79. The van der Waals surface area contributed by atoms with Crippen molar-refractivity contribution in [3.05, 3.63) is 89.6 Å². The highest BCUT2D eigenvalue weighted by molar-refractivity contribution is 6.06. The zero-order valence-electron chi connectivity index (χ0n) is 20.4. The third kappa shape index (κ3) is 4.24. The monoisotopic (exact) mass is 495 g/mol. The Morgan fingerprint density at radius 1 is 1.03 bits per heavy atom. The maximum atomic E-state index is 13.7. The van der Waals surface area contributed by atoms with Gasteiger partial charge >= 0.3 is 0 Å². The summed E-state index contributed by atoms with van der Waals surface area (Å²) in [7, 11) is 1.60. The average Bonchev–Trinajstić information content (AvgIpc) is 3.36. The molecule has 2 N–H and O–H groups in total. The van der Waals surface area contributed by atoms with E-state index in [0.29, 0.717) is 59.2 Å². The van der Waals surface area contributed by atoms with E-state index in [1.807, 2.05) is 55.5 Å². The van der Waals surface area contributed by atoms with Gasteiger partial charge in [-0.05, 0) is 48.9 Å². The quantitative estimate of drug-likeness (QED) is 0.416. The summed E-state index contributed by atoms with van der Waals surface area (Å²) < 4.78 is 18.5. The Balaban J connectivity index is 1.43. The zero-order valence-corrected chi connectivity index (χ0v) is 20.4. The van der Waals surface area contributed by atoms with Gasteiger partial charge in [0.25, 0.3) is 5.91 Å². The minimum atomic E-state index is -0.546. The molecule has 1 unspecified atom stereocenters. The van der Waals surface area contributed by atoms with E-state index in [4.69, 9.17) is 24.3 Å². The van der Waals surface area contributed by atoms with Crippen LogP contribution in [-0.4, -0.2) is 41.0 Å². The number of rotatable bonds is 5. The molecule has 0 radical (unpaired) electrons. The number of benzene rings is 3. The van der Waals surface area contributed by atoms with Gasteiger partial charge in [-0.1, -0.05) is 36.4 Å². The molecule has 0 bridgehead atoms. The Labute approximate surface area is 213 Å². The van der Waals surface area contributed by atoms with E-state index in [-0.39, 0.29) is 5.91 Å². The molecule has 4 aromatic rings. The van der Waals surface area contributed by atoms with Gasteiger partial charge in [-0.2, -0.15) is 4.98 Å². The molecule has 2 aliphatic heterocycles. The van der Waals surface area contributed by atoms with Gasteiger partial charge in [0.15, 0.2) is 17.3 Å². The second-order valence-electron chi connectivity index (χ2n) is 8.72. The topological polar surface area (TPSA) is 99.5 Å². The van der Waals surface area contributed by atoms with Crippen molar-refractivity contribution in [1.29, 1.82) is 0 Å². The number of aromatic nitrogens is 3. The third-order valence-electron chi connectivity index (χ3n) is 6.36. The van der Waals surface area contributed by atoms with E-state index in [2.05, 4.69) is 10.6 Å². The number of ether oxygens (including phenoxy) is 3. The maximum Gasteiger partial charge on any atom is 0.255 e. The van der Waals surface area contributed by atoms with Crippen LogP contribution < -0.4 is 24.8 Å². The molecule has 6 rings (SSSR count). The molecule has 186 valence electrons. The van der Waals surface area contributed by atoms with Gasteiger partial charge < -0.3 is 24.8 Å². The fourth-order valence-electron chi connectivity index (χ4n) is 4.57. The van der Waals surface area contributed by atoms with Gasteiger partial charge in [0.05, 0.1) is 12.7 Å². The van der Waals surface area contributed by atoms with E-state index < -0.39 is 6.04 Å². The van der Waals surface area contributed by atoms with Gasteiger partial charge in [0, 0.05) is 16.9 Å². The molecule has 0 saturated carbocycles. The highest BCUT2D eigenvalue weighted by Gasteiger charge is 2.35. The molecule has 3 heterocycles. The lowest BCUT2D eigenvalue weighted by Crippen LogP contribution is -2.31. The predicted octanol–water partition coefficient (Wildman–Crippen LogP) is 4.65. The number of carbonyl (C=O) groups is 1. The van der Waals surface area contributed by atoms with Gasteiger partial charge in [0.2, 0.25) is 5.95 Å². The Bertz CT molecular complexity index is 1500. The SMILES string of the molecule is COc1ccc(NC(=O)C2=C(C)Nc3nc(-c4ccccc4)nn3C2c2ccc3c(c2)OCCO3)cc1. The average molecular weight is 496 g/mol. The van der Waals surface area contributed by atoms with Crippen LogP contribution in [0.3, 0.4) is 0 Å². The summed E-state index contributed by atoms with van der Waals surface area (Å²) in [6.45, 7) is 2.84. The minimum Gasteiger partial charge on any atom is -0.497 e. The van der Waals surface area contributed by atoms with E-state index in [0.717, 1.165) is 11.1 Å². The molecular formula is C28H25N5O4. The maximum absolute atomic E-state index is 13.7. The van der Waals surface area contributed by atoms with E-state index in [1.54, 1.807) is 36.1 Å². The first-order valence-electron chi connectivity index (χ1n) is 12.0. The van der Waals surface area contributed by atoms with Crippen LogP contribution in [0.15, 0.2) is 84.1 Å². The predicted molar refractivity (Wildman–Crippen MR) is 139 cm³/mol. The van der Waals surface area contributed by atoms with Crippen LogP contribution in [0.2, 0.25) is 0 Å². The summed E-state index contributed by atoms with van der Waals surface area (Å²) in [6, 6.07) is 22.1. The lowest BCUT2D eigenvalue weighted by Gasteiger charge is -2.29. The second kappa shape index (κ2) is 9.34. The van der Waals surface area contributed by atoms with Gasteiger partial charge in [-0.15, -0.1) is 5.10 Å². The van der Waals surface area contributed by atoms with Crippen molar-refractivity contribution in [3.63, 3.8) is 0 Å². The molecule has 0 aliphatic carbocycles.